The third-order valence-electron chi connectivity index (χ3n) is 7.13. The number of pyridine rings is 1. The number of carboxylic acid groups (broad SMARTS) is 1. The largest absolute Gasteiger partial charge is 0.494 e. The Bertz CT molecular complexity index is 1520. The number of hydrogen-bond acceptors (Lipinski definition) is 10. The molecule has 1 aliphatic rings. The summed E-state index contributed by atoms with van der Waals surface area (Å²) in [5.74, 6) is -1.96. The molecule has 1 saturated heterocycles. The number of hydrogen-bond donors (Lipinski definition) is 5. The second-order valence-electron chi connectivity index (χ2n) is 10.6. The third-order valence-corrected chi connectivity index (χ3v) is 7.13. The van der Waals surface area contributed by atoms with Crippen LogP contribution in [0.5, 0.6) is 5.75 Å². The summed E-state index contributed by atoms with van der Waals surface area (Å²) in [6.07, 6.45) is 3.41. The van der Waals surface area contributed by atoms with Crippen LogP contribution in [0.4, 0.5) is 23.1 Å². The van der Waals surface area contributed by atoms with E-state index in [1.807, 2.05) is 12.1 Å². The minimum atomic E-state index is -1.53. The van der Waals surface area contributed by atoms with Crippen molar-refractivity contribution in [2.75, 3.05) is 36.1 Å². The molecule has 7 N–H and O–H groups in total. The summed E-state index contributed by atoms with van der Waals surface area (Å²) in [7, 11) is 1.52. The van der Waals surface area contributed by atoms with Crippen molar-refractivity contribution in [2.24, 2.45) is 11.7 Å². The molecular formula is C27H35N7O6. The monoisotopic (exact) mass is 553 g/mol. The van der Waals surface area contributed by atoms with Crippen LogP contribution in [-0.2, 0) is 6.54 Å². The van der Waals surface area contributed by atoms with Crippen LogP contribution >= 0.6 is 0 Å². The SMILES string of the molecule is CCC1CCN(c2ccc(Nc3nc(C(=O)O)c4c(=O)c(C(N)=O)c(N)n(CC(C)(C)O)c4n3)c(OC)c2)CC1. The molecule has 4 rings (SSSR count). The maximum Gasteiger partial charge on any atom is 0.355 e. The molecule has 0 saturated carbocycles. The van der Waals surface area contributed by atoms with E-state index in [4.69, 9.17) is 16.2 Å². The fraction of sp³-hybridized carbons (Fsp3) is 0.444. The zero-order valence-electron chi connectivity index (χ0n) is 23.0. The van der Waals surface area contributed by atoms with Gasteiger partial charge in [-0.1, -0.05) is 13.3 Å². The van der Waals surface area contributed by atoms with Gasteiger partial charge in [-0.25, -0.2) is 9.78 Å². The summed E-state index contributed by atoms with van der Waals surface area (Å²) in [4.78, 5) is 48.3. The van der Waals surface area contributed by atoms with E-state index in [9.17, 15) is 24.6 Å². The number of anilines is 4. The number of aliphatic hydroxyl groups is 1. The Morgan fingerprint density at radius 2 is 1.90 bits per heavy atom. The average Bonchev–Trinajstić information content (AvgIpc) is 2.90. The van der Waals surface area contributed by atoms with Crippen molar-refractivity contribution in [3.05, 3.63) is 39.7 Å². The molecule has 214 valence electrons. The van der Waals surface area contributed by atoms with Gasteiger partial charge in [-0.2, -0.15) is 4.98 Å². The quantitative estimate of drug-likeness (QED) is 0.260. The summed E-state index contributed by atoms with van der Waals surface area (Å²) < 4.78 is 6.80. The second-order valence-corrected chi connectivity index (χ2v) is 10.6. The lowest BCUT2D eigenvalue weighted by atomic mass is 9.94. The van der Waals surface area contributed by atoms with Crippen LogP contribution in [0.15, 0.2) is 23.0 Å². The Morgan fingerprint density at radius 3 is 2.45 bits per heavy atom. The number of nitrogen functional groups attached to an aromatic ring is 1. The average molecular weight is 554 g/mol. The lowest BCUT2D eigenvalue weighted by molar-refractivity contribution is 0.0629. The molecule has 2 aromatic heterocycles. The van der Waals surface area contributed by atoms with E-state index in [0.29, 0.717) is 11.4 Å². The molecule has 40 heavy (non-hydrogen) atoms. The summed E-state index contributed by atoms with van der Waals surface area (Å²) in [6, 6.07) is 5.59. The van der Waals surface area contributed by atoms with Gasteiger partial charge >= 0.3 is 5.97 Å². The number of ether oxygens (including phenoxy) is 1. The fourth-order valence-corrected chi connectivity index (χ4v) is 5.04. The normalized spacial score (nSPS) is 14.4. The van der Waals surface area contributed by atoms with Gasteiger partial charge in [-0.3, -0.25) is 9.59 Å². The molecule has 0 atom stereocenters. The first kappa shape index (κ1) is 28.6. The number of carboxylic acids is 1. The van der Waals surface area contributed by atoms with Crippen molar-refractivity contribution in [1.29, 1.82) is 0 Å². The van der Waals surface area contributed by atoms with Crippen LogP contribution in [0.1, 0.15) is 60.9 Å². The number of aromatic nitrogens is 3. The number of rotatable bonds is 9. The maximum atomic E-state index is 13.2. The lowest BCUT2D eigenvalue weighted by Gasteiger charge is -2.33. The fourth-order valence-electron chi connectivity index (χ4n) is 5.04. The Hall–Kier alpha value is -4.39. The van der Waals surface area contributed by atoms with Gasteiger partial charge in [0, 0.05) is 24.8 Å². The van der Waals surface area contributed by atoms with Gasteiger partial charge in [0.05, 0.1) is 30.3 Å². The Morgan fingerprint density at radius 1 is 1.23 bits per heavy atom. The third kappa shape index (κ3) is 5.64. The number of fused-ring (bicyclic) bond motifs is 1. The van der Waals surface area contributed by atoms with E-state index in [2.05, 4.69) is 27.1 Å². The predicted octanol–water partition coefficient (Wildman–Crippen LogP) is 2.32. The summed E-state index contributed by atoms with van der Waals surface area (Å²) in [5, 5.41) is 23.0. The van der Waals surface area contributed by atoms with Crippen LogP contribution in [0.2, 0.25) is 0 Å². The van der Waals surface area contributed by atoms with Crippen molar-refractivity contribution in [1.82, 2.24) is 14.5 Å². The molecule has 1 aromatic carbocycles. The van der Waals surface area contributed by atoms with Crippen molar-refractivity contribution >= 4 is 46.1 Å². The lowest BCUT2D eigenvalue weighted by Crippen LogP contribution is -2.34. The highest BCUT2D eigenvalue weighted by Crippen LogP contribution is 2.34. The van der Waals surface area contributed by atoms with Crippen LogP contribution in [0.3, 0.4) is 0 Å². The first-order chi connectivity index (χ1) is 18.8. The summed E-state index contributed by atoms with van der Waals surface area (Å²) >= 11 is 0. The van der Waals surface area contributed by atoms with E-state index in [1.165, 1.54) is 31.9 Å². The van der Waals surface area contributed by atoms with Crippen LogP contribution < -0.4 is 31.8 Å². The molecule has 0 unspecified atom stereocenters. The van der Waals surface area contributed by atoms with E-state index in [0.717, 1.165) is 37.5 Å². The highest BCUT2D eigenvalue weighted by atomic mass is 16.5. The molecule has 0 bridgehead atoms. The highest BCUT2D eigenvalue weighted by Gasteiger charge is 2.28. The van der Waals surface area contributed by atoms with Gasteiger partial charge in [0.2, 0.25) is 11.4 Å². The number of nitrogens with zero attached hydrogens (tertiary/aromatic N) is 4. The van der Waals surface area contributed by atoms with Gasteiger partial charge < -0.3 is 41.2 Å². The smallest absolute Gasteiger partial charge is 0.355 e. The van der Waals surface area contributed by atoms with Gasteiger partial charge in [0.15, 0.2) is 11.3 Å². The Kier molecular flexibility index (Phi) is 7.87. The van der Waals surface area contributed by atoms with Gasteiger partial charge in [-0.05, 0) is 44.7 Å². The van der Waals surface area contributed by atoms with E-state index in [-0.39, 0.29) is 24.0 Å². The summed E-state index contributed by atoms with van der Waals surface area (Å²) in [5.41, 5.74) is 9.16. The number of nitrogens with one attached hydrogen (secondary N) is 1. The molecule has 13 heteroatoms. The minimum Gasteiger partial charge on any atom is -0.494 e. The van der Waals surface area contributed by atoms with Gasteiger partial charge in [0.1, 0.15) is 17.1 Å². The van der Waals surface area contributed by atoms with E-state index < -0.39 is 39.5 Å². The topological polar surface area (TPSA) is 199 Å². The van der Waals surface area contributed by atoms with Crippen molar-refractivity contribution in [3.8, 4) is 5.75 Å². The number of carbonyl (C=O) groups is 2. The van der Waals surface area contributed by atoms with Gasteiger partial charge in [-0.15, -0.1) is 0 Å². The van der Waals surface area contributed by atoms with Crippen LogP contribution in [-0.4, -0.2) is 62.4 Å². The molecule has 1 fully saturated rings. The second kappa shape index (κ2) is 11.0. The predicted molar refractivity (Wildman–Crippen MR) is 151 cm³/mol. The Labute approximate surface area is 230 Å². The zero-order chi connectivity index (χ0) is 29.4. The molecule has 0 radical (unpaired) electrons. The van der Waals surface area contributed by atoms with E-state index >= 15 is 0 Å². The number of piperidine rings is 1. The van der Waals surface area contributed by atoms with E-state index in [1.54, 1.807) is 6.07 Å². The maximum absolute atomic E-state index is 13.2. The molecule has 1 aliphatic heterocycles. The summed E-state index contributed by atoms with van der Waals surface area (Å²) in [6.45, 7) is 6.84. The number of amides is 1. The first-order valence-corrected chi connectivity index (χ1v) is 13.0. The molecule has 3 aromatic rings. The van der Waals surface area contributed by atoms with Crippen molar-refractivity contribution in [2.45, 2.75) is 52.2 Å². The molecular weight excluding hydrogens is 518 g/mol. The number of benzene rings is 1. The minimum absolute atomic E-state index is 0.158. The zero-order valence-corrected chi connectivity index (χ0v) is 23.0. The van der Waals surface area contributed by atoms with Crippen LogP contribution in [0.25, 0.3) is 11.0 Å². The molecule has 13 nitrogen and oxygen atoms in total. The molecule has 0 aliphatic carbocycles. The molecule has 0 spiro atoms. The number of nitrogens with two attached hydrogens (primary N) is 2. The molecule has 1 amide bonds. The first-order valence-electron chi connectivity index (χ1n) is 13.0. The van der Waals surface area contributed by atoms with Crippen LogP contribution in [0, 0.1) is 5.92 Å². The standard InChI is InChI=1S/C27H35N7O6/c1-5-14-8-10-33(11-9-14)15-6-7-16(17(12-15)40-4)30-26-31-20(25(37)38)18-21(35)19(23(29)36)22(28)34(24(18)32-26)13-27(2,3)39/h6-7,12,14,39H,5,8-11,13,28H2,1-4H3,(H2,29,36)(H,37,38)(H,30,31,32). The van der Waals surface area contributed by atoms with Crippen molar-refractivity contribution in [3.63, 3.8) is 0 Å². The molecule has 3 heterocycles. The number of aromatic carboxylic acids is 1. The highest BCUT2D eigenvalue weighted by molar-refractivity contribution is 6.05. The van der Waals surface area contributed by atoms with Crippen molar-refractivity contribution < 1.29 is 24.5 Å². The Balaban J connectivity index is 1.83. The number of primary amides is 1. The number of methoxy groups -OCH3 is 1. The number of carbonyl (C=O) groups excluding carboxylic acids is 1. The van der Waals surface area contributed by atoms with Gasteiger partial charge in [0.25, 0.3) is 5.91 Å².